The van der Waals surface area contributed by atoms with Crippen LogP contribution in [0, 0.1) is 11.7 Å². The van der Waals surface area contributed by atoms with Crippen LogP contribution in [0.1, 0.15) is 30.9 Å². The van der Waals surface area contributed by atoms with Crippen molar-refractivity contribution in [2.45, 2.75) is 31.4 Å². The number of rotatable bonds is 6. The van der Waals surface area contributed by atoms with Crippen LogP contribution < -0.4 is 10.2 Å². The summed E-state index contributed by atoms with van der Waals surface area (Å²) in [6.45, 7) is 0.0182. The maximum absolute atomic E-state index is 14.0. The summed E-state index contributed by atoms with van der Waals surface area (Å²) < 4.78 is 19.6. The standard InChI is InChI=1S/C22H21FN2O4/c23-17-8-4-5-9-18(17)25-13-15(12-19(25)26)22(28)29-20(14-6-2-1-3-7-14)21(27)24-16-10-11-16/h1-9,15-16,20H,10-13H2,(H,24,27). The van der Waals surface area contributed by atoms with Gasteiger partial charge < -0.3 is 15.0 Å². The molecule has 4 rings (SSSR count). The van der Waals surface area contributed by atoms with Crippen molar-refractivity contribution in [2.24, 2.45) is 5.92 Å². The maximum atomic E-state index is 14.0. The number of amides is 2. The summed E-state index contributed by atoms with van der Waals surface area (Å²) in [5.74, 6) is -2.65. The molecule has 2 aromatic rings. The molecule has 0 bridgehead atoms. The molecule has 0 aromatic heterocycles. The number of nitrogens with one attached hydrogen (secondary N) is 1. The Morgan fingerprint density at radius 1 is 1.07 bits per heavy atom. The largest absolute Gasteiger partial charge is 0.447 e. The van der Waals surface area contributed by atoms with E-state index < -0.39 is 23.8 Å². The second-order valence-corrected chi connectivity index (χ2v) is 7.37. The number of anilines is 1. The molecule has 0 spiro atoms. The summed E-state index contributed by atoms with van der Waals surface area (Å²) >= 11 is 0. The van der Waals surface area contributed by atoms with E-state index in [1.807, 2.05) is 6.07 Å². The molecule has 0 radical (unpaired) electrons. The minimum absolute atomic E-state index is 0.0182. The van der Waals surface area contributed by atoms with Crippen LogP contribution in [0.3, 0.4) is 0 Å². The normalized spacial score (nSPS) is 19.7. The zero-order valence-electron chi connectivity index (χ0n) is 15.7. The van der Waals surface area contributed by atoms with Crippen molar-refractivity contribution < 1.29 is 23.5 Å². The molecule has 2 atom stereocenters. The zero-order valence-corrected chi connectivity index (χ0v) is 15.7. The molecule has 1 aliphatic carbocycles. The molecule has 150 valence electrons. The molecule has 1 saturated heterocycles. The topological polar surface area (TPSA) is 75.7 Å². The molecular weight excluding hydrogens is 375 g/mol. The number of nitrogens with zero attached hydrogens (tertiary/aromatic N) is 1. The van der Waals surface area contributed by atoms with E-state index in [0.717, 1.165) is 12.8 Å². The van der Waals surface area contributed by atoms with E-state index >= 15 is 0 Å². The summed E-state index contributed by atoms with van der Waals surface area (Å²) in [5.41, 5.74) is 0.702. The van der Waals surface area contributed by atoms with Crippen molar-refractivity contribution in [3.05, 3.63) is 66.0 Å². The molecule has 6 nitrogen and oxygen atoms in total. The van der Waals surface area contributed by atoms with Crippen molar-refractivity contribution in [2.75, 3.05) is 11.4 Å². The minimum atomic E-state index is -1.08. The number of hydrogen-bond donors (Lipinski definition) is 1. The molecule has 1 saturated carbocycles. The van der Waals surface area contributed by atoms with E-state index in [0.29, 0.717) is 5.56 Å². The van der Waals surface area contributed by atoms with Crippen molar-refractivity contribution in [3.8, 4) is 0 Å². The highest BCUT2D eigenvalue weighted by Crippen LogP contribution is 2.30. The number of esters is 1. The van der Waals surface area contributed by atoms with Gasteiger partial charge in [-0.2, -0.15) is 0 Å². The fourth-order valence-electron chi connectivity index (χ4n) is 3.39. The average molecular weight is 396 g/mol. The number of carbonyl (C=O) groups excluding carboxylic acids is 3. The van der Waals surface area contributed by atoms with E-state index in [2.05, 4.69) is 5.32 Å². The van der Waals surface area contributed by atoms with Gasteiger partial charge in [0.2, 0.25) is 12.0 Å². The van der Waals surface area contributed by atoms with Crippen LogP contribution >= 0.6 is 0 Å². The van der Waals surface area contributed by atoms with Crippen LogP contribution in [-0.4, -0.2) is 30.4 Å². The first-order valence-electron chi connectivity index (χ1n) is 9.63. The molecule has 2 fully saturated rings. The van der Waals surface area contributed by atoms with Crippen LogP contribution in [0.2, 0.25) is 0 Å². The van der Waals surface area contributed by atoms with E-state index in [-0.39, 0.29) is 36.5 Å². The Balaban J connectivity index is 1.48. The maximum Gasteiger partial charge on any atom is 0.312 e. The molecule has 7 heteroatoms. The summed E-state index contributed by atoms with van der Waals surface area (Å²) in [4.78, 5) is 39.0. The Bertz CT molecular complexity index is 929. The van der Waals surface area contributed by atoms with Crippen molar-refractivity contribution >= 4 is 23.5 Å². The second-order valence-electron chi connectivity index (χ2n) is 7.37. The lowest BCUT2D eigenvalue weighted by molar-refractivity contribution is -0.160. The van der Waals surface area contributed by atoms with Gasteiger partial charge in [0.15, 0.2) is 0 Å². The van der Waals surface area contributed by atoms with Gasteiger partial charge in [-0.1, -0.05) is 42.5 Å². The summed E-state index contributed by atoms with van der Waals surface area (Å²) in [7, 11) is 0. The lowest BCUT2D eigenvalue weighted by Gasteiger charge is -2.20. The third kappa shape index (κ3) is 4.29. The average Bonchev–Trinajstić information content (AvgIpc) is 3.46. The Morgan fingerprint density at radius 2 is 1.76 bits per heavy atom. The molecule has 2 aliphatic rings. The molecule has 29 heavy (non-hydrogen) atoms. The molecule has 2 unspecified atom stereocenters. The molecule has 1 heterocycles. The van der Waals surface area contributed by atoms with Gasteiger partial charge in [-0.3, -0.25) is 14.4 Å². The summed E-state index contributed by atoms with van der Waals surface area (Å²) in [5, 5.41) is 2.86. The highest BCUT2D eigenvalue weighted by molar-refractivity contribution is 6.00. The van der Waals surface area contributed by atoms with Gasteiger partial charge in [-0.05, 0) is 25.0 Å². The first-order chi connectivity index (χ1) is 14.0. The summed E-state index contributed by atoms with van der Waals surface area (Å²) in [6, 6.07) is 14.8. The van der Waals surface area contributed by atoms with E-state index in [1.54, 1.807) is 30.3 Å². The number of carbonyl (C=O) groups is 3. The number of para-hydroxylation sites is 1. The summed E-state index contributed by atoms with van der Waals surface area (Å²) in [6.07, 6.45) is 0.659. The fourth-order valence-corrected chi connectivity index (χ4v) is 3.39. The molecule has 2 amide bonds. The third-order valence-corrected chi connectivity index (χ3v) is 5.10. The first kappa shape index (κ1) is 19.1. The van der Waals surface area contributed by atoms with Crippen LogP contribution in [0.25, 0.3) is 0 Å². The molecule has 2 aromatic carbocycles. The second kappa shape index (κ2) is 8.03. The molecular formula is C22H21FN2O4. The first-order valence-corrected chi connectivity index (χ1v) is 9.63. The van der Waals surface area contributed by atoms with Crippen molar-refractivity contribution in [3.63, 3.8) is 0 Å². The highest BCUT2D eigenvalue weighted by Gasteiger charge is 2.39. The van der Waals surface area contributed by atoms with Gasteiger partial charge in [0.1, 0.15) is 5.82 Å². The van der Waals surface area contributed by atoms with Gasteiger partial charge in [-0.15, -0.1) is 0 Å². The monoisotopic (exact) mass is 396 g/mol. The Morgan fingerprint density at radius 3 is 2.45 bits per heavy atom. The van der Waals surface area contributed by atoms with Gasteiger partial charge in [0, 0.05) is 24.6 Å². The Labute approximate surface area is 167 Å². The van der Waals surface area contributed by atoms with Crippen LogP contribution in [-0.2, 0) is 19.1 Å². The van der Waals surface area contributed by atoms with Gasteiger partial charge in [0.25, 0.3) is 5.91 Å². The smallest absolute Gasteiger partial charge is 0.312 e. The van der Waals surface area contributed by atoms with Gasteiger partial charge >= 0.3 is 5.97 Å². The van der Waals surface area contributed by atoms with E-state index in [4.69, 9.17) is 4.74 Å². The van der Waals surface area contributed by atoms with Crippen LogP contribution in [0.15, 0.2) is 54.6 Å². The van der Waals surface area contributed by atoms with Gasteiger partial charge in [0.05, 0.1) is 11.6 Å². The van der Waals surface area contributed by atoms with Crippen LogP contribution in [0.5, 0.6) is 0 Å². The molecule has 1 N–H and O–H groups in total. The minimum Gasteiger partial charge on any atom is -0.447 e. The lowest BCUT2D eigenvalue weighted by atomic mass is 10.1. The molecule has 1 aliphatic heterocycles. The predicted molar refractivity (Wildman–Crippen MR) is 103 cm³/mol. The Kier molecular flexibility index (Phi) is 5.29. The number of hydrogen-bond acceptors (Lipinski definition) is 4. The van der Waals surface area contributed by atoms with Crippen molar-refractivity contribution in [1.29, 1.82) is 0 Å². The predicted octanol–water partition coefficient (Wildman–Crippen LogP) is 2.74. The van der Waals surface area contributed by atoms with E-state index in [1.165, 1.54) is 23.1 Å². The number of halogens is 1. The lowest BCUT2D eigenvalue weighted by Crippen LogP contribution is -2.35. The van der Waals surface area contributed by atoms with E-state index in [9.17, 15) is 18.8 Å². The number of benzene rings is 2. The van der Waals surface area contributed by atoms with Crippen molar-refractivity contribution in [1.82, 2.24) is 5.32 Å². The number of ether oxygens (including phenoxy) is 1. The highest BCUT2D eigenvalue weighted by atomic mass is 19.1. The Hall–Kier alpha value is -3.22. The van der Waals surface area contributed by atoms with Crippen LogP contribution in [0.4, 0.5) is 10.1 Å². The SMILES string of the molecule is O=C(OC(C(=O)NC1CC1)c1ccccc1)C1CC(=O)N(c2ccccc2F)C1. The third-order valence-electron chi connectivity index (χ3n) is 5.10. The fraction of sp³-hybridized carbons (Fsp3) is 0.318. The quantitative estimate of drug-likeness (QED) is 0.762. The zero-order chi connectivity index (χ0) is 20.4. The van der Waals surface area contributed by atoms with Gasteiger partial charge in [-0.25, -0.2) is 4.39 Å².